The quantitative estimate of drug-likeness (QED) is 0.270. The Morgan fingerprint density at radius 1 is 1.11 bits per heavy atom. The second-order valence-electron chi connectivity index (χ2n) is 7.71. The standard InChI is InChI=1S/C25H15Cl2FN6O2/c1-13-22(32-24(31-13)15-4-6-30-7-5-15)25-34-33-20(36-25)10-16-2-3-19(27)23(21(16)28)35-18-9-14(12-29)8-17(26)11-18/h2-9,11H,10H2,1H3,(H,31,32). The van der Waals surface area contributed by atoms with E-state index >= 15 is 4.39 Å². The van der Waals surface area contributed by atoms with Crippen LogP contribution < -0.4 is 4.74 Å². The lowest BCUT2D eigenvalue weighted by Crippen LogP contribution is -1.98. The number of aryl methyl sites for hydroxylation is 1. The molecule has 5 rings (SSSR count). The van der Waals surface area contributed by atoms with Crippen LogP contribution in [-0.4, -0.2) is 25.1 Å². The number of nitrogens with one attached hydrogen (secondary N) is 1. The van der Waals surface area contributed by atoms with Gasteiger partial charge in [0.05, 0.1) is 23.1 Å². The van der Waals surface area contributed by atoms with E-state index in [1.54, 1.807) is 12.4 Å². The van der Waals surface area contributed by atoms with Crippen molar-refractivity contribution in [3.05, 3.63) is 93.4 Å². The largest absolute Gasteiger partial charge is 0.453 e. The van der Waals surface area contributed by atoms with Crippen LogP contribution in [0.2, 0.25) is 10.0 Å². The number of aromatic amines is 1. The third-order valence-corrected chi connectivity index (χ3v) is 5.71. The van der Waals surface area contributed by atoms with Gasteiger partial charge in [0, 0.05) is 34.2 Å². The van der Waals surface area contributed by atoms with E-state index in [-0.39, 0.29) is 50.9 Å². The molecule has 0 fully saturated rings. The highest BCUT2D eigenvalue weighted by atomic mass is 35.5. The molecular weight excluding hydrogens is 506 g/mol. The van der Waals surface area contributed by atoms with Crippen molar-refractivity contribution in [2.24, 2.45) is 0 Å². The molecule has 0 saturated heterocycles. The number of aromatic nitrogens is 5. The van der Waals surface area contributed by atoms with Gasteiger partial charge < -0.3 is 14.1 Å². The molecule has 36 heavy (non-hydrogen) atoms. The van der Waals surface area contributed by atoms with Gasteiger partial charge in [0.2, 0.25) is 5.89 Å². The van der Waals surface area contributed by atoms with Crippen molar-refractivity contribution in [1.82, 2.24) is 25.1 Å². The average Bonchev–Trinajstić information content (AvgIpc) is 3.50. The molecule has 0 atom stereocenters. The fourth-order valence-electron chi connectivity index (χ4n) is 3.51. The predicted octanol–water partition coefficient (Wildman–Crippen LogP) is 6.53. The Kier molecular flexibility index (Phi) is 6.38. The molecule has 2 aromatic carbocycles. The lowest BCUT2D eigenvalue weighted by Gasteiger charge is -2.11. The van der Waals surface area contributed by atoms with E-state index in [4.69, 9.17) is 37.6 Å². The summed E-state index contributed by atoms with van der Waals surface area (Å²) in [4.78, 5) is 11.8. The van der Waals surface area contributed by atoms with Crippen LogP contribution in [0.15, 0.2) is 59.3 Å². The van der Waals surface area contributed by atoms with Crippen LogP contribution in [0.1, 0.15) is 22.7 Å². The zero-order chi connectivity index (χ0) is 25.2. The zero-order valence-corrected chi connectivity index (χ0v) is 20.1. The number of ether oxygens (including phenoxy) is 1. The Hall–Kier alpha value is -4.26. The Morgan fingerprint density at radius 2 is 1.92 bits per heavy atom. The normalized spacial score (nSPS) is 10.9. The molecule has 0 bridgehead atoms. The molecule has 0 aliphatic rings. The molecular formula is C25H15Cl2FN6O2. The molecule has 0 saturated carbocycles. The van der Waals surface area contributed by atoms with Crippen molar-refractivity contribution in [3.63, 3.8) is 0 Å². The molecule has 0 amide bonds. The minimum Gasteiger partial charge on any atom is -0.453 e. The lowest BCUT2D eigenvalue weighted by molar-refractivity contribution is 0.437. The fourth-order valence-corrected chi connectivity index (χ4v) is 3.92. The molecule has 178 valence electrons. The number of halogens is 3. The molecule has 0 radical (unpaired) electrons. The van der Waals surface area contributed by atoms with E-state index in [2.05, 4.69) is 25.1 Å². The molecule has 0 unspecified atom stereocenters. The van der Waals surface area contributed by atoms with Gasteiger partial charge in [-0.1, -0.05) is 29.3 Å². The Labute approximate surface area is 214 Å². The third-order valence-electron chi connectivity index (χ3n) is 5.20. The van der Waals surface area contributed by atoms with Crippen LogP contribution in [0, 0.1) is 24.1 Å². The van der Waals surface area contributed by atoms with Gasteiger partial charge >= 0.3 is 0 Å². The van der Waals surface area contributed by atoms with Gasteiger partial charge in [0.25, 0.3) is 5.89 Å². The highest BCUT2D eigenvalue weighted by Gasteiger charge is 2.20. The highest BCUT2D eigenvalue weighted by molar-refractivity contribution is 6.32. The number of nitrogens with zero attached hydrogens (tertiary/aromatic N) is 5. The van der Waals surface area contributed by atoms with Gasteiger partial charge in [-0.2, -0.15) is 5.26 Å². The molecule has 0 spiro atoms. The van der Waals surface area contributed by atoms with Crippen molar-refractivity contribution in [2.45, 2.75) is 13.3 Å². The second-order valence-corrected chi connectivity index (χ2v) is 8.56. The number of pyridine rings is 1. The van der Waals surface area contributed by atoms with E-state index in [0.29, 0.717) is 11.5 Å². The third kappa shape index (κ3) is 4.77. The maximum Gasteiger partial charge on any atom is 0.268 e. The van der Waals surface area contributed by atoms with Crippen molar-refractivity contribution in [2.75, 3.05) is 0 Å². The predicted molar refractivity (Wildman–Crippen MR) is 130 cm³/mol. The van der Waals surface area contributed by atoms with Crippen LogP contribution in [0.4, 0.5) is 4.39 Å². The van der Waals surface area contributed by atoms with Gasteiger partial charge in [-0.15, -0.1) is 10.2 Å². The minimum absolute atomic E-state index is 0.00790. The number of nitriles is 1. The van der Waals surface area contributed by atoms with Gasteiger partial charge in [-0.3, -0.25) is 4.98 Å². The number of imidazole rings is 1. The fraction of sp³-hybridized carbons (Fsp3) is 0.0800. The summed E-state index contributed by atoms with van der Waals surface area (Å²) in [6, 6.07) is 13.0. The second kappa shape index (κ2) is 9.77. The first kappa shape index (κ1) is 23.5. The van der Waals surface area contributed by atoms with E-state index in [1.807, 2.05) is 25.1 Å². The smallest absolute Gasteiger partial charge is 0.268 e. The van der Waals surface area contributed by atoms with Gasteiger partial charge in [-0.05, 0) is 43.3 Å². The van der Waals surface area contributed by atoms with E-state index in [0.717, 1.165) is 11.3 Å². The molecule has 3 aromatic heterocycles. The minimum atomic E-state index is -0.698. The average molecular weight is 521 g/mol. The Morgan fingerprint density at radius 3 is 2.69 bits per heavy atom. The molecule has 0 aliphatic heterocycles. The van der Waals surface area contributed by atoms with E-state index < -0.39 is 5.82 Å². The molecule has 5 aromatic rings. The van der Waals surface area contributed by atoms with E-state index in [1.165, 1.54) is 30.3 Å². The van der Waals surface area contributed by atoms with Gasteiger partial charge in [0.1, 0.15) is 17.3 Å². The summed E-state index contributed by atoms with van der Waals surface area (Å²) in [6.07, 6.45) is 3.34. The maximum absolute atomic E-state index is 15.4. The maximum atomic E-state index is 15.4. The Bertz CT molecular complexity index is 1610. The monoisotopic (exact) mass is 520 g/mol. The highest BCUT2D eigenvalue weighted by Crippen LogP contribution is 2.36. The Balaban J connectivity index is 1.40. The van der Waals surface area contributed by atoms with Crippen molar-refractivity contribution < 1.29 is 13.5 Å². The van der Waals surface area contributed by atoms with Crippen LogP contribution in [0.5, 0.6) is 11.5 Å². The summed E-state index contributed by atoms with van der Waals surface area (Å²) in [6.45, 7) is 1.84. The lowest BCUT2D eigenvalue weighted by atomic mass is 10.1. The van der Waals surface area contributed by atoms with Crippen LogP contribution in [0.3, 0.4) is 0 Å². The molecule has 1 N–H and O–H groups in total. The van der Waals surface area contributed by atoms with Crippen LogP contribution in [-0.2, 0) is 6.42 Å². The SMILES string of the molecule is Cc1[nH]c(-c2ccncc2)nc1-c1nnc(Cc2ccc(Cl)c(Oc3cc(Cl)cc(C#N)c3)c2F)o1. The number of benzene rings is 2. The number of rotatable bonds is 6. The summed E-state index contributed by atoms with van der Waals surface area (Å²) in [5.74, 6) is 0.293. The molecule has 3 heterocycles. The zero-order valence-electron chi connectivity index (χ0n) is 18.6. The van der Waals surface area contributed by atoms with Crippen LogP contribution in [0.25, 0.3) is 23.0 Å². The molecule has 0 aliphatic carbocycles. The topological polar surface area (TPSA) is 114 Å². The van der Waals surface area contributed by atoms with Crippen LogP contribution >= 0.6 is 23.2 Å². The summed E-state index contributed by atoms with van der Waals surface area (Å²) >= 11 is 12.2. The number of hydrogen-bond acceptors (Lipinski definition) is 7. The van der Waals surface area contributed by atoms with Crippen molar-refractivity contribution in [1.29, 1.82) is 5.26 Å². The number of H-pyrrole nitrogens is 1. The van der Waals surface area contributed by atoms with Crippen molar-refractivity contribution in [3.8, 4) is 40.5 Å². The summed E-state index contributed by atoms with van der Waals surface area (Å²) < 4.78 is 26.8. The summed E-state index contributed by atoms with van der Waals surface area (Å²) in [7, 11) is 0. The first-order valence-electron chi connectivity index (χ1n) is 10.6. The summed E-state index contributed by atoms with van der Waals surface area (Å²) in [5.41, 5.74) is 2.59. The van der Waals surface area contributed by atoms with E-state index in [9.17, 15) is 0 Å². The molecule has 8 nitrogen and oxygen atoms in total. The van der Waals surface area contributed by atoms with Gasteiger partial charge in [-0.25, -0.2) is 9.37 Å². The first-order valence-corrected chi connectivity index (χ1v) is 11.3. The molecule has 11 heteroatoms. The van der Waals surface area contributed by atoms with Gasteiger partial charge in [0.15, 0.2) is 11.6 Å². The summed E-state index contributed by atoms with van der Waals surface area (Å²) in [5, 5.41) is 17.6. The first-order chi connectivity index (χ1) is 17.4. The number of hydrogen-bond donors (Lipinski definition) is 1. The van der Waals surface area contributed by atoms with Crippen molar-refractivity contribution >= 4 is 23.2 Å².